The molecule has 1 saturated carbocycles. The lowest BCUT2D eigenvalue weighted by Crippen LogP contribution is -2.42. The summed E-state index contributed by atoms with van der Waals surface area (Å²) in [6.07, 6.45) is 4.23. The molecule has 0 spiro atoms. The van der Waals surface area contributed by atoms with E-state index in [0.717, 1.165) is 24.3 Å². The van der Waals surface area contributed by atoms with Crippen molar-refractivity contribution in [2.45, 2.75) is 45.1 Å². The highest BCUT2D eigenvalue weighted by Crippen LogP contribution is 2.33. The van der Waals surface area contributed by atoms with E-state index in [1.165, 1.54) is 19.1 Å². The van der Waals surface area contributed by atoms with Gasteiger partial charge in [0.25, 0.3) is 5.91 Å². The number of hydrogen-bond donors (Lipinski definition) is 2. The van der Waals surface area contributed by atoms with Crippen LogP contribution in [0.25, 0.3) is 0 Å². The van der Waals surface area contributed by atoms with Crippen molar-refractivity contribution >= 4 is 75.7 Å². The van der Waals surface area contributed by atoms with Crippen molar-refractivity contribution in [3.63, 3.8) is 0 Å². The van der Waals surface area contributed by atoms with Gasteiger partial charge in [0.1, 0.15) is 0 Å². The summed E-state index contributed by atoms with van der Waals surface area (Å²) in [5, 5.41) is 6.89. The minimum Gasteiger partial charge on any atom is -0.338 e. The predicted octanol–water partition coefficient (Wildman–Crippen LogP) is 7.20. The van der Waals surface area contributed by atoms with Crippen molar-refractivity contribution in [2.75, 3.05) is 10.6 Å². The van der Waals surface area contributed by atoms with Gasteiger partial charge >= 0.3 is 12.0 Å². The first kappa shape index (κ1) is 25.4. The van der Waals surface area contributed by atoms with Crippen LogP contribution in [0.15, 0.2) is 30.3 Å². The largest absolute Gasteiger partial charge is 0.338 e. The second-order valence-corrected chi connectivity index (χ2v) is 9.12. The van der Waals surface area contributed by atoms with E-state index >= 15 is 0 Å². The van der Waals surface area contributed by atoms with Gasteiger partial charge in [0.2, 0.25) is 0 Å². The monoisotopic (exact) mass is 531 g/mol. The van der Waals surface area contributed by atoms with E-state index in [1.54, 1.807) is 18.2 Å². The van der Waals surface area contributed by atoms with E-state index in [9.17, 15) is 14.4 Å². The van der Waals surface area contributed by atoms with Crippen LogP contribution in [0, 0.1) is 0 Å². The molecule has 0 aromatic heterocycles. The number of nitrogens with one attached hydrogen (secondary N) is 2. The lowest BCUT2D eigenvalue weighted by atomic mass is 9.95. The Morgan fingerprint density at radius 1 is 0.909 bits per heavy atom. The van der Waals surface area contributed by atoms with Crippen LogP contribution in [0.1, 0.15) is 49.4 Å². The van der Waals surface area contributed by atoms with Crippen LogP contribution in [-0.2, 0) is 9.63 Å². The van der Waals surface area contributed by atoms with Gasteiger partial charge in [-0.2, -0.15) is 5.06 Å². The number of carbonyl (C=O) groups is 3. The van der Waals surface area contributed by atoms with Crippen LogP contribution in [0.4, 0.5) is 16.2 Å². The molecule has 0 radical (unpaired) electrons. The van der Waals surface area contributed by atoms with Crippen LogP contribution in [0.3, 0.4) is 0 Å². The molecule has 0 atom stereocenters. The molecule has 0 heterocycles. The van der Waals surface area contributed by atoms with Gasteiger partial charge in [-0.25, -0.2) is 4.79 Å². The van der Waals surface area contributed by atoms with Crippen LogP contribution in [0.5, 0.6) is 0 Å². The van der Waals surface area contributed by atoms with Gasteiger partial charge in [0, 0.05) is 6.92 Å². The number of hydrogen-bond acceptors (Lipinski definition) is 4. The molecule has 33 heavy (non-hydrogen) atoms. The Morgan fingerprint density at radius 3 is 2.12 bits per heavy atom. The van der Waals surface area contributed by atoms with Crippen molar-refractivity contribution in [1.29, 1.82) is 0 Å². The van der Waals surface area contributed by atoms with Crippen LogP contribution in [0.2, 0.25) is 20.1 Å². The van der Waals surface area contributed by atoms with E-state index in [-0.39, 0.29) is 43.1 Å². The Morgan fingerprint density at radius 2 is 1.52 bits per heavy atom. The molecule has 0 bridgehead atoms. The molecule has 2 aromatic rings. The van der Waals surface area contributed by atoms with Gasteiger partial charge < -0.3 is 15.5 Å². The minimum absolute atomic E-state index is 0.0108. The highest BCUT2D eigenvalue weighted by Gasteiger charge is 2.31. The molecule has 7 nitrogen and oxygen atoms in total. The predicted molar refractivity (Wildman–Crippen MR) is 130 cm³/mol. The van der Waals surface area contributed by atoms with Crippen molar-refractivity contribution in [1.82, 2.24) is 5.06 Å². The molecule has 0 unspecified atom stereocenters. The first-order valence-corrected chi connectivity index (χ1v) is 11.7. The number of urea groups is 1. The molecule has 3 rings (SSSR count). The number of rotatable bonds is 4. The van der Waals surface area contributed by atoms with E-state index in [1.807, 2.05) is 0 Å². The molecule has 1 fully saturated rings. The molecule has 0 saturated heterocycles. The Kier molecular flexibility index (Phi) is 8.70. The van der Waals surface area contributed by atoms with Gasteiger partial charge in [-0.15, -0.1) is 0 Å². The summed E-state index contributed by atoms with van der Waals surface area (Å²) in [7, 11) is 0. The van der Waals surface area contributed by atoms with Gasteiger partial charge in [0.05, 0.1) is 43.1 Å². The molecule has 11 heteroatoms. The fourth-order valence-corrected chi connectivity index (χ4v) is 4.39. The van der Waals surface area contributed by atoms with Gasteiger partial charge in [-0.1, -0.05) is 71.7 Å². The second kappa shape index (κ2) is 11.3. The Labute approximate surface area is 211 Å². The smallest absolute Gasteiger partial charge is 0.329 e. The number of amides is 3. The third-order valence-corrected chi connectivity index (χ3v) is 6.43. The van der Waals surface area contributed by atoms with Crippen LogP contribution in [-0.4, -0.2) is 29.0 Å². The van der Waals surface area contributed by atoms with Crippen molar-refractivity contribution in [3.05, 3.63) is 56.0 Å². The maximum atomic E-state index is 13.4. The van der Waals surface area contributed by atoms with E-state index in [0.29, 0.717) is 12.8 Å². The molecule has 176 valence electrons. The lowest BCUT2D eigenvalue weighted by molar-refractivity contribution is -0.185. The first-order valence-electron chi connectivity index (χ1n) is 10.2. The van der Waals surface area contributed by atoms with Crippen LogP contribution >= 0.6 is 46.4 Å². The maximum Gasteiger partial charge on any atom is 0.329 e. The fraction of sp³-hybridized carbons (Fsp3) is 0.318. The number of hydroxylamine groups is 2. The van der Waals surface area contributed by atoms with Gasteiger partial charge in [-0.3, -0.25) is 9.59 Å². The van der Waals surface area contributed by atoms with E-state index in [2.05, 4.69) is 10.6 Å². The number of benzene rings is 2. The number of anilines is 2. The molecule has 1 aliphatic rings. The Balaban J connectivity index is 1.91. The Bertz CT molecular complexity index is 1050. The average Bonchev–Trinajstić information content (AvgIpc) is 2.77. The molecule has 0 aliphatic heterocycles. The quantitative estimate of drug-likeness (QED) is 0.407. The topological polar surface area (TPSA) is 87.7 Å². The van der Waals surface area contributed by atoms with Crippen molar-refractivity contribution in [3.8, 4) is 0 Å². The summed E-state index contributed by atoms with van der Waals surface area (Å²) < 4.78 is 0. The Hall–Kier alpha value is -2.19. The highest BCUT2D eigenvalue weighted by atomic mass is 35.5. The minimum atomic E-state index is -0.714. The fourth-order valence-electron chi connectivity index (χ4n) is 3.57. The molecule has 2 aromatic carbocycles. The standard InChI is InChI=1S/C22H21Cl4N3O4/c1-12(30)33-29(13-6-3-2-4-7-13)21(31)14-10-17(25)18(26)11-19(14)27-22(32)28-20-15(23)8-5-9-16(20)24/h5,8-11,13H,2-4,6-7H2,1H3,(H2,27,28,32). The number of para-hydroxylation sites is 1. The molecule has 2 N–H and O–H groups in total. The van der Waals surface area contributed by atoms with Crippen LogP contribution < -0.4 is 10.6 Å². The summed E-state index contributed by atoms with van der Waals surface area (Å²) in [4.78, 5) is 43.1. The first-order chi connectivity index (χ1) is 15.7. The summed E-state index contributed by atoms with van der Waals surface area (Å²) in [5.41, 5.74) is 0.287. The molecule has 1 aliphatic carbocycles. The molecule has 3 amide bonds. The zero-order valence-electron chi connectivity index (χ0n) is 17.6. The number of halogens is 4. The normalized spacial score (nSPS) is 13.8. The summed E-state index contributed by atoms with van der Waals surface area (Å²) >= 11 is 24.5. The molecular formula is C22H21Cl4N3O4. The second-order valence-electron chi connectivity index (χ2n) is 7.49. The van der Waals surface area contributed by atoms with Crippen molar-refractivity contribution < 1.29 is 19.2 Å². The van der Waals surface area contributed by atoms with E-state index in [4.69, 9.17) is 51.2 Å². The summed E-state index contributed by atoms with van der Waals surface area (Å²) in [6, 6.07) is 6.44. The third kappa shape index (κ3) is 6.44. The lowest BCUT2D eigenvalue weighted by Gasteiger charge is -2.32. The van der Waals surface area contributed by atoms with Gasteiger partial charge in [-0.05, 0) is 37.1 Å². The third-order valence-electron chi connectivity index (χ3n) is 5.07. The zero-order valence-corrected chi connectivity index (χ0v) is 20.6. The maximum absolute atomic E-state index is 13.4. The van der Waals surface area contributed by atoms with Gasteiger partial charge in [0.15, 0.2) is 0 Å². The van der Waals surface area contributed by atoms with E-state index < -0.39 is 17.9 Å². The molecular weight excluding hydrogens is 512 g/mol. The number of nitrogens with zero attached hydrogens (tertiary/aromatic N) is 1. The summed E-state index contributed by atoms with van der Waals surface area (Å²) in [6.45, 7) is 1.22. The zero-order chi connectivity index (χ0) is 24.1. The average molecular weight is 533 g/mol. The van der Waals surface area contributed by atoms with Crippen molar-refractivity contribution in [2.24, 2.45) is 0 Å². The summed E-state index contributed by atoms with van der Waals surface area (Å²) in [5.74, 6) is -1.25. The SMILES string of the molecule is CC(=O)ON(C(=O)c1cc(Cl)c(Cl)cc1NC(=O)Nc1c(Cl)cccc1Cl)C1CCCCC1. The number of carbonyl (C=O) groups excluding carboxylic acids is 3. The highest BCUT2D eigenvalue weighted by molar-refractivity contribution is 6.42.